The molecule has 0 radical (unpaired) electrons. The minimum atomic E-state index is -1.03. The Balaban J connectivity index is 2.67. The van der Waals surface area contributed by atoms with Crippen LogP contribution in [-0.4, -0.2) is 17.2 Å². The molecule has 0 amide bonds. The maximum atomic E-state index is 12.7. The molecule has 1 rings (SSSR count). The lowest BCUT2D eigenvalue weighted by molar-refractivity contribution is -0.138. The minimum Gasteiger partial charge on any atom is -0.490 e. The first-order valence-corrected chi connectivity index (χ1v) is 4.32. The van der Waals surface area contributed by atoms with Gasteiger partial charge in [0.1, 0.15) is 23.5 Å². The molecule has 1 N–H and O–H groups in total. The summed E-state index contributed by atoms with van der Waals surface area (Å²) >= 11 is 0. The van der Waals surface area contributed by atoms with E-state index < -0.39 is 23.7 Å². The highest BCUT2D eigenvalue weighted by Gasteiger charge is 2.10. The van der Waals surface area contributed by atoms with Crippen LogP contribution in [0.4, 0.5) is 8.78 Å². The molecule has 0 fully saturated rings. The zero-order valence-corrected chi connectivity index (χ0v) is 8.04. The van der Waals surface area contributed by atoms with Gasteiger partial charge in [-0.05, 0) is 6.92 Å². The monoisotopic (exact) mass is 216 g/mol. The number of carbonyl (C=O) groups is 1. The average Bonchev–Trinajstić information content (AvgIpc) is 1.98. The number of aliphatic carboxylic acids is 1. The molecular weight excluding hydrogens is 206 g/mol. The molecule has 0 saturated heterocycles. The summed E-state index contributed by atoms with van der Waals surface area (Å²) in [4.78, 5) is 10.3. The summed E-state index contributed by atoms with van der Waals surface area (Å²) in [6.45, 7) is 1.51. The van der Waals surface area contributed by atoms with E-state index in [0.29, 0.717) is 6.07 Å². The largest absolute Gasteiger partial charge is 0.490 e. The van der Waals surface area contributed by atoms with Gasteiger partial charge < -0.3 is 9.84 Å². The zero-order valence-electron chi connectivity index (χ0n) is 8.04. The fourth-order valence-corrected chi connectivity index (χ4v) is 1.12. The highest BCUT2D eigenvalue weighted by Crippen LogP contribution is 2.17. The van der Waals surface area contributed by atoms with Crippen molar-refractivity contribution >= 4 is 5.97 Å². The predicted octanol–water partition coefficient (Wildman–Crippen LogP) is 2.21. The van der Waals surface area contributed by atoms with E-state index in [0.717, 1.165) is 12.1 Å². The first kappa shape index (κ1) is 11.4. The molecule has 0 heterocycles. The van der Waals surface area contributed by atoms with E-state index in [1.54, 1.807) is 0 Å². The van der Waals surface area contributed by atoms with Crippen LogP contribution in [0.2, 0.25) is 0 Å². The van der Waals surface area contributed by atoms with Gasteiger partial charge in [0.05, 0.1) is 6.42 Å². The van der Waals surface area contributed by atoms with Crippen molar-refractivity contribution in [3.05, 3.63) is 29.8 Å². The van der Waals surface area contributed by atoms with Gasteiger partial charge >= 0.3 is 5.97 Å². The Hall–Kier alpha value is -1.65. The lowest BCUT2D eigenvalue weighted by Crippen LogP contribution is -2.16. The zero-order chi connectivity index (χ0) is 11.4. The van der Waals surface area contributed by atoms with Gasteiger partial charge in [-0.1, -0.05) is 0 Å². The summed E-state index contributed by atoms with van der Waals surface area (Å²) in [6.07, 6.45) is -0.860. The van der Waals surface area contributed by atoms with Gasteiger partial charge in [-0.15, -0.1) is 0 Å². The van der Waals surface area contributed by atoms with Crippen molar-refractivity contribution in [3.8, 4) is 5.75 Å². The maximum absolute atomic E-state index is 12.7. The van der Waals surface area contributed by atoms with Crippen LogP contribution in [0.5, 0.6) is 5.75 Å². The van der Waals surface area contributed by atoms with Crippen LogP contribution in [0.25, 0.3) is 0 Å². The summed E-state index contributed by atoms with van der Waals surface area (Å²) in [5.41, 5.74) is 0. The summed E-state index contributed by atoms with van der Waals surface area (Å²) in [5.74, 6) is -2.55. The van der Waals surface area contributed by atoms with Gasteiger partial charge in [-0.2, -0.15) is 0 Å². The standard InChI is InChI=1S/C10H10F2O3/c1-6(2-10(13)14)15-9-4-7(11)3-8(12)5-9/h3-6H,2H2,1H3,(H,13,14)/t6-/m1/s1. The fourth-order valence-electron chi connectivity index (χ4n) is 1.12. The second-order valence-electron chi connectivity index (χ2n) is 3.13. The van der Waals surface area contributed by atoms with Crippen molar-refractivity contribution in [3.63, 3.8) is 0 Å². The summed E-state index contributed by atoms with van der Waals surface area (Å²) in [5, 5.41) is 8.44. The third-order valence-electron chi connectivity index (χ3n) is 1.64. The lowest BCUT2D eigenvalue weighted by atomic mass is 10.2. The van der Waals surface area contributed by atoms with Crippen LogP contribution < -0.4 is 4.74 Å². The number of benzene rings is 1. The minimum absolute atomic E-state index is 0.0127. The quantitative estimate of drug-likeness (QED) is 0.839. The Bertz CT molecular complexity index is 345. The Labute approximate surface area is 85.3 Å². The van der Waals surface area contributed by atoms with E-state index in [1.165, 1.54) is 6.92 Å². The lowest BCUT2D eigenvalue weighted by Gasteiger charge is -2.12. The van der Waals surface area contributed by atoms with Crippen molar-refractivity contribution < 1.29 is 23.4 Å². The number of carboxylic acid groups (broad SMARTS) is 1. The molecule has 0 bridgehead atoms. The number of rotatable bonds is 4. The van der Waals surface area contributed by atoms with Gasteiger partial charge in [-0.25, -0.2) is 8.78 Å². The Kier molecular flexibility index (Phi) is 3.60. The number of halogens is 2. The molecule has 1 atom stereocenters. The molecule has 15 heavy (non-hydrogen) atoms. The van der Waals surface area contributed by atoms with Crippen LogP contribution in [0.15, 0.2) is 18.2 Å². The molecule has 3 nitrogen and oxygen atoms in total. The van der Waals surface area contributed by atoms with Crippen LogP contribution in [0.1, 0.15) is 13.3 Å². The second kappa shape index (κ2) is 4.72. The van der Waals surface area contributed by atoms with Crippen molar-refractivity contribution in [1.82, 2.24) is 0 Å². The number of ether oxygens (including phenoxy) is 1. The van der Waals surface area contributed by atoms with E-state index >= 15 is 0 Å². The van der Waals surface area contributed by atoms with Gasteiger partial charge in [0.15, 0.2) is 0 Å². The number of hydrogen-bond acceptors (Lipinski definition) is 2. The van der Waals surface area contributed by atoms with Crippen molar-refractivity contribution in [2.75, 3.05) is 0 Å². The highest BCUT2D eigenvalue weighted by molar-refractivity contribution is 5.67. The highest BCUT2D eigenvalue weighted by atomic mass is 19.1. The van der Waals surface area contributed by atoms with Crippen molar-refractivity contribution in [2.45, 2.75) is 19.4 Å². The normalized spacial score (nSPS) is 12.2. The van der Waals surface area contributed by atoms with Gasteiger partial charge in [0.25, 0.3) is 0 Å². The molecule has 0 aliphatic carbocycles. The van der Waals surface area contributed by atoms with Gasteiger partial charge in [-0.3, -0.25) is 4.79 Å². The molecule has 1 aromatic rings. The van der Waals surface area contributed by atoms with Crippen molar-refractivity contribution in [1.29, 1.82) is 0 Å². The molecular formula is C10H10F2O3. The predicted molar refractivity (Wildman–Crippen MR) is 48.7 cm³/mol. The third kappa shape index (κ3) is 3.93. The Morgan fingerprint density at radius 2 is 1.93 bits per heavy atom. The molecule has 0 aliphatic rings. The summed E-state index contributed by atoms with van der Waals surface area (Å²) in [7, 11) is 0. The van der Waals surface area contributed by atoms with E-state index in [-0.39, 0.29) is 12.2 Å². The topological polar surface area (TPSA) is 46.5 Å². The first-order valence-electron chi connectivity index (χ1n) is 4.32. The molecule has 1 aromatic carbocycles. The summed E-state index contributed by atoms with van der Waals surface area (Å²) in [6, 6.07) is 2.72. The summed E-state index contributed by atoms with van der Waals surface area (Å²) < 4.78 is 30.4. The SMILES string of the molecule is C[C@H](CC(=O)O)Oc1cc(F)cc(F)c1. The van der Waals surface area contributed by atoms with Gasteiger partial charge in [0, 0.05) is 18.2 Å². The maximum Gasteiger partial charge on any atom is 0.307 e. The van der Waals surface area contributed by atoms with E-state index in [1.807, 2.05) is 0 Å². The van der Waals surface area contributed by atoms with Crippen molar-refractivity contribution in [2.24, 2.45) is 0 Å². The molecule has 0 saturated carbocycles. The third-order valence-corrected chi connectivity index (χ3v) is 1.64. The van der Waals surface area contributed by atoms with E-state index in [9.17, 15) is 13.6 Å². The Morgan fingerprint density at radius 3 is 2.40 bits per heavy atom. The molecule has 0 spiro atoms. The van der Waals surface area contributed by atoms with Crippen LogP contribution in [0.3, 0.4) is 0 Å². The van der Waals surface area contributed by atoms with Crippen LogP contribution in [-0.2, 0) is 4.79 Å². The van der Waals surface area contributed by atoms with Gasteiger partial charge in [0.2, 0.25) is 0 Å². The molecule has 0 unspecified atom stereocenters. The molecule has 0 aliphatic heterocycles. The molecule has 82 valence electrons. The van der Waals surface area contributed by atoms with E-state index in [4.69, 9.17) is 9.84 Å². The second-order valence-corrected chi connectivity index (χ2v) is 3.13. The Morgan fingerprint density at radius 1 is 1.40 bits per heavy atom. The smallest absolute Gasteiger partial charge is 0.307 e. The molecule has 5 heteroatoms. The van der Waals surface area contributed by atoms with Crippen LogP contribution in [0, 0.1) is 11.6 Å². The fraction of sp³-hybridized carbons (Fsp3) is 0.300. The number of hydrogen-bond donors (Lipinski definition) is 1. The van der Waals surface area contributed by atoms with Crippen LogP contribution >= 0.6 is 0 Å². The molecule has 0 aromatic heterocycles. The van der Waals surface area contributed by atoms with E-state index in [2.05, 4.69) is 0 Å². The average molecular weight is 216 g/mol. The number of carboxylic acids is 1. The first-order chi connectivity index (χ1) is 6.97.